The number of amides is 1. The van der Waals surface area contributed by atoms with E-state index in [9.17, 15) is 9.18 Å². The zero-order valence-corrected chi connectivity index (χ0v) is 13.6. The van der Waals surface area contributed by atoms with Crippen LogP contribution in [0.4, 0.5) is 14.3 Å². The molecular formula is C13H14BrFN2O2S. The number of anilines is 1. The van der Waals surface area contributed by atoms with E-state index in [4.69, 9.17) is 4.74 Å². The summed E-state index contributed by atoms with van der Waals surface area (Å²) in [7, 11) is 1.57. The average molecular weight is 361 g/mol. The Morgan fingerprint density at radius 3 is 2.95 bits per heavy atom. The van der Waals surface area contributed by atoms with E-state index in [0.717, 1.165) is 24.2 Å². The van der Waals surface area contributed by atoms with E-state index in [1.54, 1.807) is 13.1 Å². The molecule has 0 unspecified atom stereocenters. The van der Waals surface area contributed by atoms with Crippen molar-refractivity contribution in [1.82, 2.24) is 4.98 Å². The highest BCUT2D eigenvalue weighted by molar-refractivity contribution is 9.10. The summed E-state index contributed by atoms with van der Waals surface area (Å²) in [5.41, 5.74) is 0.512. The summed E-state index contributed by atoms with van der Waals surface area (Å²) >= 11 is 4.45. The second kappa shape index (κ2) is 6.49. The van der Waals surface area contributed by atoms with Crippen molar-refractivity contribution in [3.8, 4) is 0 Å². The Kier molecular flexibility index (Phi) is 4.93. The van der Waals surface area contributed by atoms with Gasteiger partial charge >= 0.3 is 6.09 Å². The minimum Gasteiger partial charge on any atom is -0.449 e. The minimum atomic E-state index is -0.478. The van der Waals surface area contributed by atoms with E-state index in [0.29, 0.717) is 26.4 Å². The Morgan fingerprint density at radius 2 is 2.30 bits per heavy atom. The number of thiazole rings is 1. The van der Waals surface area contributed by atoms with Gasteiger partial charge in [0.15, 0.2) is 5.13 Å². The van der Waals surface area contributed by atoms with Crippen molar-refractivity contribution in [2.75, 3.05) is 18.6 Å². The van der Waals surface area contributed by atoms with Crippen LogP contribution in [0.3, 0.4) is 0 Å². The molecule has 0 aliphatic carbocycles. The standard InChI is InChI=1S/C13H14BrFN2O2S/c1-3-4-7-19-13(18)17(2)12-16-10-8(14)5-6-9(15)11(10)20-12/h5-6H,3-4,7H2,1-2H3. The number of aromatic nitrogens is 1. The van der Waals surface area contributed by atoms with Gasteiger partial charge in [-0.3, -0.25) is 4.90 Å². The fraction of sp³-hybridized carbons (Fsp3) is 0.385. The molecule has 0 spiro atoms. The van der Waals surface area contributed by atoms with Gasteiger partial charge in [0.05, 0.1) is 11.3 Å². The summed E-state index contributed by atoms with van der Waals surface area (Å²) in [5, 5.41) is 0.410. The van der Waals surface area contributed by atoms with Gasteiger partial charge in [0.1, 0.15) is 11.3 Å². The van der Waals surface area contributed by atoms with E-state index in [2.05, 4.69) is 20.9 Å². The van der Waals surface area contributed by atoms with Crippen LogP contribution in [-0.2, 0) is 4.74 Å². The second-order valence-electron chi connectivity index (χ2n) is 4.23. The van der Waals surface area contributed by atoms with Crippen LogP contribution in [0.25, 0.3) is 10.2 Å². The SMILES string of the molecule is CCCCOC(=O)N(C)c1nc2c(Br)ccc(F)c2s1. The van der Waals surface area contributed by atoms with Gasteiger partial charge in [-0.1, -0.05) is 24.7 Å². The summed E-state index contributed by atoms with van der Waals surface area (Å²) in [6, 6.07) is 2.97. The lowest BCUT2D eigenvalue weighted by molar-refractivity contribution is 0.153. The van der Waals surface area contributed by atoms with Crippen molar-refractivity contribution in [3.63, 3.8) is 0 Å². The predicted octanol–water partition coefficient (Wildman–Crippen LogP) is 4.57. The largest absolute Gasteiger partial charge is 0.449 e. The third kappa shape index (κ3) is 3.09. The summed E-state index contributed by atoms with van der Waals surface area (Å²) in [6.45, 7) is 2.40. The fourth-order valence-corrected chi connectivity index (χ4v) is 3.05. The number of nitrogens with zero attached hydrogens (tertiary/aromatic N) is 2. The zero-order chi connectivity index (χ0) is 14.7. The van der Waals surface area contributed by atoms with Crippen molar-refractivity contribution < 1.29 is 13.9 Å². The number of halogens is 2. The zero-order valence-electron chi connectivity index (χ0n) is 11.2. The molecular weight excluding hydrogens is 347 g/mol. The Hall–Kier alpha value is -1.21. The molecule has 0 saturated carbocycles. The van der Waals surface area contributed by atoms with Gasteiger partial charge < -0.3 is 4.74 Å². The maximum atomic E-state index is 13.7. The van der Waals surface area contributed by atoms with Crippen molar-refractivity contribution in [2.24, 2.45) is 0 Å². The molecule has 0 N–H and O–H groups in total. The molecule has 4 nitrogen and oxygen atoms in total. The number of carbonyl (C=O) groups is 1. The van der Waals surface area contributed by atoms with Crippen LogP contribution < -0.4 is 4.90 Å². The minimum absolute atomic E-state index is 0.347. The maximum Gasteiger partial charge on any atom is 0.415 e. The number of benzene rings is 1. The molecule has 7 heteroatoms. The summed E-state index contributed by atoms with van der Waals surface area (Å²) in [6.07, 6.45) is 1.30. The number of carbonyl (C=O) groups excluding carboxylic acids is 1. The predicted molar refractivity (Wildman–Crippen MR) is 81.9 cm³/mol. The lowest BCUT2D eigenvalue weighted by Crippen LogP contribution is -2.27. The highest BCUT2D eigenvalue weighted by Gasteiger charge is 2.19. The molecule has 108 valence electrons. The quantitative estimate of drug-likeness (QED) is 0.749. The molecule has 0 fully saturated rings. The first-order chi connectivity index (χ1) is 9.54. The smallest absolute Gasteiger partial charge is 0.415 e. The van der Waals surface area contributed by atoms with Crippen molar-refractivity contribution in [1.29, 1.82) is 0 Å². The molecule has 0 atom stereocenters. The van der Waals surface area contributed by atoms with Crippen LogP contribution in [0.5, 0.6) is 0 Å². The number of rotatable bonds is 4. The normalized spacial score (nSPS) is 10.8. The number of hydrogen-bond donors (Lipinski definition) is 0. The van der Waals surface area contributed by atoms with Gasteiger partial charge in [0.2, 0.25) is 0 Å². The molecule has 0 bridgehead atoms. The van der Waals surface area contributed by atoms with Gasteiger partial charge in [-0.2, -0.15) is 0 Å². The highest BCUT2D eigenvalue weighted by Crippen LogP contribution is 2.34. The Balaban J connectivity index is 2.22. The molecule has 0 saturated heterocycles. The summed E-state index contributed by atoms with van der Waals surface area (Å²) in [4.78, 5) is 17.4. The number of ether oxygens (including phenoxy) is 1. The monoisotopic (exact) mass is 360 g/mol. The van der Waals surface area contributed by atoms with E-state index < -0.39 is 6.09 Å². The molecule has 1 aromatic heterocycles. The average Bonchev–Trinajstić information content (AvgIpc) is 2.88. The molecule has 2 rings (SSSR count). The van der Waals surface area contributed by atoms with Crippen LogP contribution in [0.2, 0.25) is 0 Å². The van der Waals surface area contributed by atoms with Crippen molar-refractivity contribution in [3.05, 3.63) is 22.4 Å². The van der Waals surface area contributed by atoms with Crippen LogP contribution in [-0.4, -0.2) is 24.7 Å². The van der Waals surface area contributed by atoms with Crippen LogP contribution >= 0.6 is 27.3 Å². The van der Waals surface area contributed by atoms with Gasteiger partial charge in [-0.05, 0) is 34.5 Å². The molecule has 20 heavy (non-hydrogen) atoms. The van der Waals surface area contributed by atoms with Gasteiger partial charge in [0, 0.05) is 11.5 Å². The first kappa shape index (κ1) is 15.2. The number of fused-ring (bicyclic) bond motifs is 1. The van der Waals surface area contributed by atoms with Crippen LogP contribution in [0, 0.1) is 5.82 Å². The Morgan fingerprint density at radius 1 is 1.55 bits per heavy atom. The van der Waals surface area contributed by atoms with E-state index in [-0.39, 0.29) is 5.82 Å². The molecule has 1 amide bonds. The van der Waals surface area contributed by atoms with E-state index >= 15 is 0 Å². The van der Waals surface area contributed by atoms with Crippen molar-refractivity contribution >= 4 is 48.7 Å². The fourth-order valence-electron chi connectivity index (χ4n) is 1.56. The summed E-state index contributed by atoms with van der Waals surface area (Å²) in [5.74, 6) is -0.347. The first-order valence-electron chi connectivity index (χ1n) is 6.19. The Labute approximate surface area is 128 Å². The molecule has 1 heterocycles. The lowest BCUT2D eigenvalue weighted by atomic mass is 10.3. The van der Waals surface area contributed by atoms with Crippen LogP contribution in [0.15, 0.2) is 16.6 Å². The third-order valence-corrected chi connectivity index (χ3v) is 4.50. The first-order valence-corrected chi connectivity index (χ1v) is 7.80. The van der Waals surface area contributed by atoms with E-state index in [1.807, 2.05) is 6.92 Å². The Bertz CT molecular complexity index is 593. The van der Waals surface area contributed by atoms with Gasteiger partial charge in [-0.15, -0.1) is 0 Å². The lowest BCUT2D eigenvalue weighted by Gasteiger charge is -2.13. The van der Waals surface area contributed by atoms with Gasteiger partial charge in [0.25, 0.3) is 0 Å². The van der Waals surface area contributed by atoms with Crippen LogP contribution in [0.1, 0.15) is 19.8 Å². The second-order valence-corrected chi connectivity index (χ2v) is 6.06. The maximum absolute atomic E-state index is 13.7. The molecule has 0 aliphatic heterocycles. The van der Waals surface area contributed by atoms with Gasteiger partial charge in [-0.25, -0.2) is 14.2 Å². The molecule has 0 aliphatic rings. The highest BCUT2D eigenvalue weighted by atomic mass is 79.9. The van der Waals surface area contributed by atoms with Crippen molar-refractivity contribution in [2.45, 2.75) is 19.8 Å². The van der Waals surface area contributed by atoms with E-state index in [1.165, 1.54) is 11.0 Å². The summed E-state index contributed by atoms with van der Waals surface area (Å²) < 4.78 is 19.9. The molecule has 1 aromatic carbocycles. The third-order valence-electron chi connectivity index (χ3n) is 2.72. The molecule has 2 aromatic rings. The topological polar surface area (TPSA) is 42.4 Å². The molecule has 0 radical (unpaired) electrons. The number of unbranched alkanes of at least 4 members (excludes halogenated alkanes) is 1. The number of hydrogen-bond acceptors (Lipinski definition) is 4.